The van der Waals surface area contributed by atoms with E-state index in [1.807, 2.05) is 13.8 Å². The third-order valence-electron chi connectivity index (χ3n) is 2.42. The van der Waals surface area contributed by atoms with Gasteiger partial charge in [0.2, 0.25) is 5.91 Å². The Balaban J connectivity index is 2.88. The van der Waals surface area contributed by atoms with Gasteiger partial charge in [0.15, 0.2) is 0 Å². The number of hydrogen-bond donors (Lipinski definition) is 2. The minimum Gasteiger partial charge on any atom is -0.481 e. The van der Waals surface area contributed by atoms with E-state index in [0.29, 0.717) is 10.0 Å². The molecule has 0 heterocycles. The number of benzene rings is 1. The zero-order chi connectivity index (χ0) is 13.7. The SMILES string of the molecule is CC(C)NC(=O)CC(C(=O)O)c1ccccc1Br. The fourth-order valence-electron chi connectivity index (χ4n) is 1.65. The number of rotatable bonds is 5. The van der Waals surface area contributed by atoms with Crippen LogP contribution in [0.4, 0.5) is 0 Å². The second kappa shape index (κ2) is 6.54. The van der Waals surface area contributed by atoms with Crippen LogP contribution in [0.2, 0.25) is 0 Å². The number of amides is 1. The van der Waals surface area contributed by atoms with Crippen LogP contribution in [0.1, 0.15) is 31.7 Å². The van der Waals surface area contributed by atoms with E-state index in [-0.39, 0.29) is 18.4 Å². The van der Waals surface area contributed by atoms with Crippen molar-refractivity contribution in [2.24, 2.45) is 0 Å². The molecule has 0 aliphatic carbocycles. The van der Waals surface area contributed by atoms with Crippen LogP contribution in [0.25, 0.3) is 0 Å². The van der Waals surface area contributed by atoms with E-state index in [0.717, 1.165) is 0 Å². The van der Waals surface area contributed by atoms with Gasteiger partial charge in [-0.2, -0.15) is 0 Å². The van der Waals surface area contributed by atoms with Crippen LogP contribution in [0.3, 0.4) is 0 Å². The molecule has 2 N–H and O–H groups in total. The zero-order valence-corrected chi connectivity index (χ0v) is 11.9. The predicted octanol–water partition coefficient (Wildman–Crippen LogP) is 2.53. The summed E-state index contributed by atoms with van der Waals surface area (Å²) in [4.78, 5) is 22.9. The van der Waals surface area contributed by atoms with E-state index in [1.165, 1.54) is 0 Å². The van der Waals surface area contributed by atoms with Crippen molar-refractivity contribution in [3.05, 3.63) is 34.3 Å². The van der Waals surface area contributed by atoms with Crippen LogP contribution in [-0.4, -0.2) is 23.0 Å². The highest BCUT2D eigenvalue weighted by molar-refractivity contribution is 9.10. The highest BCUT2D eigenvalue weighted by Gasteiger charge is 2.25. The molecule has 1 unspecified atom stereocenters. The molecule has 0 aliphatic heterocycles. The molecule has 1 aromatic carbocycles. The third-order valence-corrected chi connectivity index (χ3v) is 3.14. The minimum atomic E-state index is -0.999. The molecule has 0 saturated carbocycles. The third kappa shape index (κ3) is 4.14. The number of hydrogen-bond acceptors (Lipinski definition) is 2. The Morgan fingerprint density at radius 2 is 1.94 bits per heavy atom. The van der Waals surface area contributed by atoms with E-state index in [2.05, 4.69) is 21.2 Å². The Bertz CT molecular complexity index is 446. The van der Waals surface area contributed by atoms with Gasteiger partial charge < -0.3 is 10.4 Å². The number of carbonyl (C=O) groups is 2. The summed E-state index contributed by atoms with van der Waals surface area (Å²) >= 11 is 3.31. The molecule has 1 rings (SSSR count). The van der Waals surface area contributed by atoms with Crippen LogP contribution in [0.15, 0.2) is 28.7 Å². The van der Waals surface area contributed by atoms with E-state index in [4.69, 9.17) is 0 Å². The normalized spacial score (nSPS) is 12.2. The molecule has 0 aromatic heterocycles. The first-order valence-electron chi connectivity index (χ1n) is 5.68. The molecule has 1 aromatic rings. The molecule has 0 spiro atoms. The van der Waals surface area contributed by atoms with Crippen molar-refractivity contribution in [2.75, 3.05) is 0 Å². The van der Waals surface area contributed by atoms with Crippen LogP contribution >= 0.6 is 15.9 Å². The Morgan fingerprint density at radius 3 is 2.44 bits per heavy atom. The van der Waals surface area contributed by atoms with Crippen molar-refractivity contribution in [1.82, 2.24) is 5.32 Å². The highest BCUT2D eigenvalue weighted by Crippen LogP contribution is 2.27. The molecular formula is C13H16BrNO3. The fraction of sp³-hybridized carbons (Fsp3) is 0.385. The van der Waals surface area contributed by atoms with Gasteiger partial charge in [0.1, 0.15) is 0 Å². The zero-order valence-electron chi connectivity index (χ0n) is 10.3. The summed E-state index contributed by atoms with van der Waals surface area (Å²) in [5.41, 5.74) is 0.615. The Morgan fingerprint density at radius 1 is 1.33 bits per heavy atom. The smallest absolute Gasteiger partial charge is 0.311 e. The first kappa shape index (κ1) is 14.7. The van der Waals surface area contributed by atoms with Crippen molar-refractivity contribution in [3.63, 3.8) is 0 Å². The lowest BCUT2D eigenvalue weighted by Gasteiger charge is -2.15. The van der Waals surface area contributed by atoms with Crippen molar-refractivity contribution in [3.8, 4) is 0 Å². The first-order chi connectivity index (χ1) is 8.41. The molecule has 1 amide bonds. The Hall–Kier alpha value is -1.36. The number of halogens is 1. The maximum Gasteiger partial charge on any atom is 0.311 e. The Kier molecular flexibility index (Phi) is 5.34. The maximum absolute atomic E-state index is 11.7. The number of nitrogens with one attached hydrogen (secondary N) is 1. The lowest BCUT2D eigenvalue weighted by atomic mass is 9.95. The molecule has 0 radical (unpaired) electrons. The average molecular weight is 314 g/mol. The molecule has 98 valence electrons. The topological polar surface area (TPSA) is 66.4 Å². The molecule has 4 nitrogen and oxygen atoms in total. The van der Waals surface area contributed by atoms with Gasteiger partial charge in [-0.3, -0.25) is 9.59 Å². The fourth-order valence-corrected chi connectivity index (χ4v) is 2.22. The molecule has 0 aliphatic rings. The summed E-state index contributed by atoms with van der Waals surface area (Å²) in [6.45, 7) is 3.68. The van der Waals surface area contributed by atoms with Crippen molar-refractivity contribution in [2.45, 2.75) is 32.2 Å². The van der Waals surface area contributed by atoms with Crippen molar-refractivity contribution in [1.29, 1.82) is 0 Å². The first-order valence-corrected chi connectivity index (χ1v) is 6.47. The number of carboxylic acids is 1. The number of aliphatic carboxylic acids is 1. The van der Waals surface area contributed by atoms with Gasteiger partial charge in [0.05, 0.1) is 5.92 Å². The lowest BCUT2D eigenvalue weighted by molar-refractivity contribution is -0.140. The van der Waals surface area contributed by atoms with Gasteiger partial charge in [-0.1, -0.05) is 34.1 Å². The van der Waals surface area contributed by atoms with Gasteiger partial charge >= 0.3 is 5.97 Å². The van der Waals surface area contributed by atoms with E-state index >= 15 is 0 Å². The molecular weight excluding hydrogens is 298 g/mol. The Labute approximate surface area is 115 Å². The quantitative estimate of drug-likeness (QED) is 0.878. The van der Waals surface area contributed by atoms with Crippen molar-refractivity contribution >= 4 is 27.8 Å². The molecule has 18 heavy (non-hydrogen) atoms. The largest absolute Gasteiger partial charge is 0.481 e. The second-order valence-electron chi connectivity index (χ2n) is 4.34. The van der Waals surface area contributed by atoms with Gasteiger partial charge in [0.25, 0.3) is 0 Å². The molecule has 5 heteroatoms. The molecule has 0 bridgehead atoms. The summed E-state index contributed by atoms with van der Waals surface area (Å²) in [5, 5.41) is 11.9. The minimum absolute atomic E-state index is 0.00570. The molecule has 1 atom stereocenters. The standard InChI is InChI=1S/C13H16BrNO3/c1-8(2)15-12(16)7-10(13(17)18)9-5-3-4-6-11(9)14/h3-6,8,10H,7H2,1-2H3,(H,15,16)(H,17,18). The molecule has 0 saturated heterocycles. The predicted molar refractivity (Wildman–Crippen MR) is 72.4 cm³/mol. The summed E-state index contributed by atoms with van der Waals surface area (Å²) < 4.78 is 0.703. The average Bonchev–Trinajstić information content (AvgIpc) is 2.25. The van der Waals surface area contributed by atoms with Gasteiger partial charge in [-0.25, -0.2) is 0 Å². The van der Waals surface area contributed by atoms with Crippen molar-refractivity contribution < 1.29 is 14.7 Å². The van der Waals surface area contributed by atoms with Crippen LogP contribution < -0.4 is 5.32 Å². The summed E-state index contributed by atoms with van der Waals surface area (Å²) in [6, 6.07) is 7.06. The maximum atomic E-state index is 11.7. The monoisotopic (exact) mass is 313 g/mol. The molecule has 0 fully saturated rings. The highest BCUT2D eigenvalue weighted by atomic mass is 79.9. The van der Waals surface area contributed by atoms with Crippen LogP contribution in [0.5, 0.6) is 0 Å². The lowest BCUT2D eigenvalue weighted by Crippen LogP contribution is -2.32. The van der Waals surface area contributed by atoms with Gasteiger partial charge in [-0.05, 0) is 25.5 Å². The van der Waals surface area contributed by atoms with Crippen LogP contribution in [-0.2, 0) is 9.59 Å². The second-order valence-corrected chi connectivity index (χ2v) is 5.19. The summed E-state index contributed by atoms with van der Waals surface area (Å²) in [7, 11) is 0. The van der Waals surface area contributed by atoms with Gasteiger partial charge in [0, 0.05) is 16.9 Å². The summed E-state index contributed by atoms with van der Waals surface area (Å²) in [5.74, 6) is -2.09. The van der Waals surface area contributed by atoms with E-state index in [9.17, 15) is 14.7 Å². The summed E-state index contributed by atoms with van der Waals surface area (Å²) in [6.07, 6.45) is -0.0594. The number of carboxylic acid groups (broad SMARTS) is 1. The number of carbonyl (C=O) groups excluding carboxylic acids is 1. The van der Waals surface area contributed by atoms with Gasteiger partial charge in [-0.15, -0.1) is 0 Å². The van der Waals surface area contributed by atoms with Crippen LogP contribution in [0, 0.1) is 0 Å². The van der Waals surface area contributed by atoms with E-state index in [1.54, 1.807) is 24.3 Å². The van der Waals surface area contributed by atoms with E-state index < -0.39 is 11.9 Å².